The van der Waals surface area contributed by atoms with Gasteiger partial charge < -0.3 is 4.74 Å². The van der Waals surface area contributed by atoms with Crippen LogP contribution in [0.4, 0.5) is 0 Å². The van der Waals surface area contributed by atoms with E-state index in [4.69, 9.17) is 4.74 Å². The van der Waals surface area contributed by atoms with Crippen LogP contribution in [0.1, 0.15) is 17.5 Å². The number of amides is 1. The smallest absolute Gasteiger partial charge is 0.254 e. The molecule has 40 heavy (non-hydrogen) atoms. The zero-order chi connectivity index (χ0) is 28.1. The fraction of sp³-hybridized carbons (Fsp3) is 0.258. The molecule has 9 heteroatoms. The second-order valence-corrected chi connectivity index (χ2v) is 13.0. The van der Waals surface area contributed by atoms with Gasteiger partial charge in [-0.3, -0.25) is 9.80 Å². The SMILES string of the molecule is COc1ccc(CS[C@@H]2C[C@@H](C(=O)N(C)NCc3ccccc3)N(S(=O)(=O)c3ccc4ccccc4c3)C2)cc1. The van der Waals surface area contributed by atoms with Crippen LogP contribution in [0.3, 0.4) is 0 Å². The summed E-state index contributed by atoms with van der Waals surface area (Å²) in [6, 6.07) is 29.6. The number of hydrazine groups is 1. The molecule has 5 rings (SSSR count). The molecule has 4 aromatic carbocycles. The molecule has 0 aliphatic carbocycles. The highest BCUT2D eigenvalue weighted by molar-refractivity contribution is 7.99. The van der Waals surface area contributed by atoms with Crippen molar-refractivity contribution in [1.82, 2.24) is 14.7 Å². The van der Waals surface area contributed by atoms with Crippen LogP contribution < -0.4 is 10.2 Å². The van der Waals surface area contributed by atoms with Gasteiger partial charge in [0.25, 0.3) is 5.91 Å². The maximum absolute atomic E-state index is 14.0. The van der Waals surface area contributed by atoms with E-state index in [9.17, 15) is 13.2 Å². The second kappa shape index (κ2) is 12.4. The fourth-order valence-corrected chi connectivity index (χ4v) is 7.86. The minimum atomic E-state index is -3.92. The first-order valence-electron chi connectivity index (χ1n) is 13.2. The van der Waals surface area contributed by atoms with E-state index in [0.717, 1.165) is 27.6 Å². The first kappa shape index (κ1) is 28.2. The van der Waals surface area contributed by atoms with Crippen LogP contribution in [0.25, 0.3) is 10.8 Å². The summed E-state index contributed by atoms with van der Waals surface area (Å²) >= 11 is 1.67. The van der Waals surface area contributed by atoms with Crippen LogP contribution in [0.2, 0.25) is 0 Å². The third-order valence-corrected chi connectivity index (χ3v) is 10.4. The molecule has 1 aliphatic heterocycles. The predicted molar refractivity (Wildman–Crippen MR) is 160 cm³/mol. The maximum atomic E-state index is 14.0. The molecule has 1 aliphatic rings. The van der Waals surface area contributed by atoms with Crippen LogP contribution in [0, 0.1) is 0 Å². The Kier molecular flexibility index (Phi) is 8.75. The number of methoxy groups -OCH3 is 1. The van der Waals surface area contributed by atoms with E-state index in [1.165, 1.54) is 9.31 Å². The highest BCUT2D eigenvalue weighted by atomic mass is 32.2. The molecule has 1 heterocycles. The van der Waals surface area contributed by atoms with Crippen molar-refractivity contribution in [3.05, 3.63) is 108 Å². The van der Waals surface area contributed by atoms with E-state index in [0.29, 0.717) is 18.7 Å². The Morgan fingerprint density at radius 3 is 2.38 bits per heavy atom. The molecule has 4 aromatic rings. The van der Waals surface area contributed by atoms with E-state index < -0.39 is 16.1 Å². The number of hydrogen-bond donors (Lipinski definition) is 1. The van der Waals surface area contributed by atoms with E-state index in [-0.39, 0.29) is 22.6 Å². The molecule has 1 N–H and O–H groups in total. The van der Waals surface area contributed by atoms with Gasteiger partial charge in [-0.1, -0.05) is 72.8 Å². The summed E-state index contributed by atoms with van der Waals surface area (Å²) < 4.78 is 34.6. The Morgan fingerprint density at radius 1 is 0.950 bits per heavy atom. The summed E-state index contributed by atoms with van der Waals surface area (Å²) in [6.45, 7) is 0.724. The lowest BCUT2D eigenvalue weighted by Gasteiger charge is -2.27. The molecule has 0 aromatic heterocycles. The van der Waals surface area contributed by atoms with Gasteiger partial charge in [0, 0.05) is 31.1 Å². The summed E-state index contributed by atoms with van der Waals surface area (Å²) in [5.41, 5.74) is 5.29. The molecule has 2 atom stereocenters. The van der Waals surface area contributed by atoms with E-state index in [2.05, 4.69) is 5.43 Å². The number of carbonyl (C=O) groups excluding carboxylic acids is 1. The molecule has 1 amide bonds. The predicted octanol–water partition coefficient (Wildman–Crippen LogP) is 5.08. The van der Waals surface area contributed by atoms with Gasteiger partial charge in [0.05, 0.1) is 12.0 Å². The molecule has 0 saturated carbocycles. The van der Waals surface area contributed by atoms with Gasteiger partial charge in [-0.2, -0.15) is 16.1 Å². The Balaban J connectivity index is 1.36. The van der Waals surface area contributed by atoms with Gasteiger partial charge in [-0.05, 0) is 52.6 Å². The lowest BCUT2D eigenvalue weighted by atomic mass is 10.1. The van der Waals surface area contributed by atoms with Crippen molar-refractivity contribution in [2.75, 3.05) is 20.7 Å². The number of rotatable bonds is 10. The zero-order valence-electron chi connectivity index (χ0n) is 22.6. The number of fused-ring (bicyclic) bond motifs is 1. The van der Waals surface area contributed by atoms with Crippen molar-refractivity contribution in [2.24, 2.45) is 0 Å². The Bertz CT molecular complexity index is 1560. The summed E-state index contributed by atoms with van der Waals surface area (Å²) in [4.78, 5) is 13.9. The lowest BCUT2D eigenvalue weighted by molar-refractivity contribution is -0.136. The van der Waals surface area contributed by atoms with Gasteiger partial charge in [-0.15, -0.1) is 0 Å². The van der Waals surface area contributed by atoms with Crippen LogP contribution in [0.5, 0.6) is 5.75 Å². The Labute approximate surface area is 240 Å². The molecule has 0 bridgehead atoms. The van der Waals surface area contributed by atoms with Gasteiger partial charge in [0.1, 0.15) is 11.8 Å². The van der Waals surface area contributed by atoms with Gasteiger partial charge in [0.15, 0.2) is 0 Å². The first-order valence-corrected chi connectivity index (χ1v) is 15.6. The van der Waals surface area contributed by atoms with Crippen molar-refractivity contribution < 1.29 is 17.9 Å². The van der Waals surface area contributed by atoms with Crippen molar-refractivity contribution >= 4 is 38.5 Å². The Hall–Kier alpha value is -3.37. The quantitative estimate of drug-likeness (QED) is 0.266. The number of thioether (sulfide) groups is 1. The van der Waals surface area contributed by atoms with Crippen molar-refractivity contribution in [1.29, 1.82) is 0 Å². The minimum absolute atomic E-state index is 0.0335. The molecule has 0 radical (unpaired) electrons. The largest absolute Gasteiger partial charge is 0.497 e. The van der Waals surface area contributed by atoms with E-state index >= 15 is 0 Å². The molecule has 0 unspecified atom stereocenters. The van der Waals surface area contributed by atoms with Gasteiger partial charge in [-0.25, -0.2) is 13.8 Å². The third-order valence-electron chi connectivity index (χ3n) is 7.17. The van der Waals surface area contributed by atoms with E-state index in [1.54, 1.807) is 38.1 Å². The first-order chi connectivity index (χ1) is 19.3. The summed E-state index contributed by atoms with van der Waals surface area (Å²) in [5.74, 6) is 1.23. The number of hydrogen-bond acceptors (Lipinski definition) is 6. The molecule has 0 spiro atoms. The van der Waals surface area contributed by atoms with Gasteiger partial charge in [0.2, 0.25) is 10.0 Å². The standard InChI is InChI=1S/C31H33N3O4S2/c1-33(32-20-23-8-4-3-5-9-23)31(35)30-19-28(39-22-24-12-15-27(38-2)16-13-24)21-34(30)40(36,37)29-17-14-25-10-6-7-11-26(25)18-29/h3-18,28,30,32H,19-22H2,1-2H3/t28-,30+/m1/s1. The number of nitrogens with one attached hydrogen (secondary N) is 1. The molecular formula is C31H33N3O4S2. The topological polar surface area (TPSA) is 79.0 Å². The maximum Gasteiger partial charge on any atom is 0.254 e. The number of nitrogens with zero attached hydrogens (tertiary/aromatic N) is 2. The number of likely N-dealkylation sites (N-methyl/N-ethyl adjacent to an activating group) is 1. The molecule has 1 fully saturated rings. The number of ether oxygens (including phenoxy) is 1. The number of carbonyl (C=O) groups is 1. The Morgan fingerprint density at radius 2 is 1.65 bits per heavy atom. The van der Waals surface area contributed by atoms with Crippen LogP contribution in [0.15, 0.2) is 102 Å². The van der Waals surface area contributed by atoms with Crippen molar-refractivity contribution in [2.45, 2.75) is 34.9 Å². The normalized spacial score (nSPS) is 17.6. The minimum Gasteiger partial charge on any atom is -0.497 e. The lowest BCUT2D eigenvalue weighted by Crippen LogP contribution is -2.50. The van der Waals surface area contributed by atoms with Crippen molar-refractivity contribution in [3.8, 4) is 5.75 Å². The number of benzene rings is 4. The summed E-state index contributed by atoms with van der Waals surface area (Å²) in [7, 11) is -0.630. The molecule has 208 valence electrons. The van der Waals surface area contributed by atoms with E-state index in [1.807, 2.05) is 84.9 Å². The summed E-state index contributed by atoms with van der Waals surface area (Å²) in [5, 5.41) is 3.21. The molecular weight excluding hydrogens is 542 g/mol. The van der Waals surface area contributed by atoms with Crippen LogP contribution in [-0.2, 0) is 27.1 Å². The fourth-order valence-electron chi connectivity index (χ4n) is 4.89. The van der Waals surface area contributed by atoms with Crippen LogP contribution >= 0.6 is 11.8 Å². The third kappa shape index (κ3) is 6.33. The average Bonchev–Trinajstić information content (AvgIpc) is 3.44. The number of sulfonamides is 1. The highest BCUT2D eigenvalue weighted by Gasteiger charge is 2.45. The highest BCUT2D eigenvalue weighted by Crippen LogP contribution is 2.35. The zero-order valence-corrected chi connectivity index (χ0v) is 24.2. The molecule has 7 nitrogen and oxygen atoms in total. The summed E-state index contributed by atoms with van der Waals surface area (Å²) in [6.07, 6.45) is 0.434. The average molecular weight is 576 g/mol. The van der Waals surface area contributed by atoms with Gasteiger partial charge >= 0.3 is 0 Å². The monoisotopic (exact) mass is 575 g/mol. The van der Waals surface area contributed by atoms with Crippen LogP contribution in [-0.4, -0.2) is 55.6 Å². The molecule has 1 saturated heterocycles. The second-order valence-electron chi connectivity index (χ2n) is 9.83. The van der Waals surface area contributed by atoms with Crippen molar-refractivity contribution in [3.63, 3.8) is 0 Å².